The van der Waals surface area contributed by atoms with Crippen LogP contribution in [0.15, 0.2) is 0 Å². The van der Waals surface area contributed by atoms with E-state index in [0.29, 0.717) is 18.6 Å². The van der Waals surface area contributed by atoms with Gasteiger partial charge in [0.25, 0.3) is 0 Å². The number of nitrogens with one attached hydrogen (secondary N) is 1. The molecule has 0 aliphatic rings. The molecule has 0 aromatic rings. The van der Waals surface area contributed by atoms with Crippen molar-refractivity contribution in [3.63, 3.8) is 0 Å². The van der Waals surface area contributed by atoms with Crippen LogP contribution in [-0.2, 0) is 9.47 Å². The SMILES string of the molecule is COCCC(NCCC(O)COC)C(C)C. The van der Waals surface area contributed by atoms with Gasteiger partial charge in [0.2, 0.25) is 0 Å². The fraction of sp³-hybridized carbons (Fsp3) is 1.00. The van der Waals surface area contributed by atoms with E-state index in [1.54, 1.807) is 14.2 Å². The van der Waals surface area contributed by atoms with E-state index in [0.717, 1.165) is 26.0 Å². The molecule has 2 unspecified atom stereocenters. The second kappa shape index (κ2) is 10.0. The fourth-order valence-electron chi connectivity index (χ4n) is 1.63. The van der Waals surface area contributed by atoms with Gasteiger partial charge in [-0.25, -0.2) is 0 Å². The summed E-state index contributed by atoms with van der Waals surface area (Å²) in [6.45, 7) is 6.39. The number of methoxy groups -OCH3 is 2. The van der Waals surface area contributed by atoms with Crippen LogP contribution in [0.25, 0.3) is 0 Å². The van der Waals surface area contributed by atoms with E-state index in [1.807, 2.05) is 0 Å². The van der Waals surface area contributed by atoms with Crippen LogP contribution in [0.3, 0.4) is 0 Å². The Kier molecular flexibility index (Phi) is 9.92. The molecule has 0 bridgehead atoms. The van der Waals surface area contributed by atoms with Crippen LogP contribution in [0.4, 0.5) is 0 Å². The van der Waals surface area contributed by atoms with Gasteiger partial charge < -0.3 is 19.9 Å². The summed E-state index contributed by atoms with van der Waals surface area (Å²) < 4.78 is 9.95. The third-order valence-electron chi connectivity index (χ3n) is 2.68. The molecule has 0 heterocycles. The summed E-state index contributed by atoms with van der Waals surface area (Å²) in [5.41, 5.74) is 0. The van der Waals surface area contributed by atoms with Crippen molar-refractivity contribution in [1.82, 2.24) is 5.32 Å². The first kappa shape index (κ1) is 15.8. The minimum absolute atomic E-state index is 0.368. The van der Waals surface area contributed by atoms with E-state index < -0.39 is 0 Å². The molecule has 0 amide bonds. The lowest BCUT2D eigenvalue weighted by molar-refractivity contribution is 0.0583. The molecular formula is C12H27NO3. The fourth-order valence-corrected chi connectivity index (χ4v) is 1.63. The van der Waals surface area contributed by atoms with Crippen LogP contribution < -0.4 is 5.32 Å². The van der Waals surface area contributed by atoms with Gasteiger partial charge in [-0.05, 0) is 25.3 Å². The highest BCUT2D eigenvalue weighted by atomic mass is 16.5. The third-order valence-corrected chi connectivity index (χ3v) is 2.68. The Hall–Kier alpha value is -0.160. The highest BCUT2D eigenvalue weighted by molar-refractivity contribution is 4.71. The average molecular weight is 233 g/mol. The van der Waals surface area contributed by atoms with Crippen LogP contribution in [0.2, 0.25) is 0 Å². The quantitative estimate of drug-likeness (QED) is 0.592. The van der Waals surface area contributed by atoms with Gasteiger partial charge in [-0.1, -0.05) is 13.8 Å². The molecule has 0 aromatic carbocycles. The standard InChI is InChI=1S/C12H27NO3/c1-10(2)12(6-8-15-3)13-7-5-11(14)9-16-4/h10-14H,5-9H2,1-4H3. The molecule has 0 radical (unpaired) electrons. The van der Waals surface area contributed by atoms with E-state index in [2.05, 4.69) is 19.2 Å². The second-order valence-corrected chi connectivity index (χ2v) is 4.48. The summed E-state index contributed by atoms with van der Waals surface area (Å²) in [7, 11) is 3.33. The van der Waals surface area contributed by atoms with E-state index >= 15 is 0 Å². The number of aliphatic hydroxyl groups excluding tert-OH is 1. The maximum absolute atomic E-state index is 9.49. The number of hydrogen-bond donors (Lipinski definition) is 2. The van der Waals surface area contributed by atoms with Crippen molar-refractivity contribution >= 4 is 0 Å². The van der Waals surface area contributed by atoms with Crippen molar-refractivity contribution in [2.45, 2.75) is 38.8 Å². The molecule has 0 aromatic heterocycles. The molecule has 98 valence electrons. The molecule has 0 saturated carbocycles. The van der Waals surface area contributed by atoms with E-state index in [9.17, 15) is 5.11 Å². The maximum Gasteiger partial charge on any atom is 0.0785 e. The smallest absolute Gasteiger partial charge is 0.0785 e. The minimum atomic E-state index is -0.368. The van der Waals surface area contributed by atoms with Crippen LogP contribution in [0, 0.1) is 5.92 Å². The molecule has 2 N–H and O–H groups in total. The first-order valence-corrected chi connectivity index (χ1v) is 6.01. The lowest BCUT2D eigenvalue weighted by atomic mass is 10.0. The monoisotopic (exact) mass is 233 g/mol. The topological polar surface area (TPSA) is 50.7 Å². The highest BCUT2D eigenvalue weighted by Gasteiger charge is 2.12. The molecule has 4 heteroatoms. The zero-order valence-electron chi connectivity index (χ0n) is 11.0. The zero-order valence-corrected chi connectivity index (χ0v) is 11.0. The summed E-state index contributed by atoms with van der Waals surface area (Å²) in [6.07, 6.45) is 1.37. The number of aliphatic hydroxyl groups is 1. The molecule has 4 nitrogen and oxygen atoms in total. The van der Waals surface area contributed by atoms with Crippen LogP contribution in [-0.4, -0.2) is 51.2 Å². The summed E-state index contributed by atoms with van der Waals surface area (Å²) >= 11 is 0. The molecule has 2 atom stereocenters. The molecule has 16 heavy (non-hydrogen) atoms. The van der Waals surface area contributed by atoms with Gasteiger partial charge in [0.1, 0.15) is 0 Å². The summed E-state index contributed by atoms with van der Waals surface area (Å²) in [4.78, 5) is 0. The molecule has 0 rings (SSSR count). The molecule has 0 aliphatic carbocycles. The average Bonchev–Trinajstić information content (AvgIpc) is 2.23. The summed E-state index contributed by atoms with van der Waals surface area (Å²) in [5.74, 6) is 0.578. The predicted octanol–water partition coefficient (Wildman–Crippen LogP) is 1.03. The number of rotatable bonds is 10. The van der Waals surface area contributed by atoms with Crippen LogP contribution in [0.1, 0.15) is 26.7 Å². The Labute approximate surface area is 99.3 Å². The predicted molar refractivity (Wildman–Crippen MR) is 65.6 cm³/mol. The van der Waals surface area contributed by atoms with E-state index in [4.69, 9.17) is 9.47 Å². The Morgan fingerprint density at radius 2 is 1.81 bits per heavy atom. The maximum atomic E-state index is 9.49. The van der Waals surface area contributed by atoms with Crippen molar-refractivity contribution in [2.75, 3.05) is 34.0 Å². The molecule has 0 aliphatic heterocycles. The van der Waals surface area contributed by atoms with Gasteiger partial charge in [-0.3, -0.25) is 0 Å². The molecule has 0 spiro atoms. The van der Waals surface area contributed by atoms with Crippen LogP contribution in [0.5, 0.6) is 0 Å². The highest BCUT2D eigenvalue weighted by Crippen LogP contribution is 2.06. The van der Waals surface area contributed by atoms with Gasteiger partial charge in [-0.2, -0.15) is 0 Å². The lowest BCUT2D eigenvalue weighted by Gasteiger charge is -2.22. The van der Waals surface area contributed by atoms with Gasteiger partial charge >= 0.3 is 0 Å². The normalized spacial score (nSPS) is 15.4. The lowest BCUT2D eigenvalue weighted by Crippen LogP contribution is -2.37. The van der Waals surface area contributed by atoms with E-state index in [1.165, 1.54) is 0 Å². The third kappa shape index (κ3) is 8.05. The number of ether oxygens (including phenoxy) is 2. The molecule has 0 saturated heterocycles. The largest absolute Gasteiger partial charge is 0.391 e. The Morgan fingerprint density at radius 1 is 1.12 bits per heavy atom. The first-order valence-electron chi connectivity index (χ1n) is 6.01. The van der Waals surface area contributed by atoms with Crippen molar-refractivity contribution in [2.24, 2.45) is 5.92 Å². The minimum Gasteiger partial charge on any atom is -0.391 e. The van der Waals surface area contributed by atoms with Crippen molar-refractivity contribution in [3.05, 3.63) is 0 Å². The second-order valence-electron chi connectivity index (χ2n) is 4.48. The van der Waals surface area contributed by atoms with Gasteiger partial charge in [0.15, 0.2) is 0 Å². The number of hydrogen-bond acceptors (Lipinski definition) is 4. The molecule has 0 fully saturated rings. The van der Waals surface area contributed by atoms with Crippen molar-refractivity contribution < 1.29 is 14.6 Å². The van der Waals surface area contributed by atoms with Gasteiger partial charge in [0, 0.05) is 26.9 Å². The summed E-state index contributed by atoms with van der Waals surface area (Å²) in [6, 6.07) is 0.453. The van der Waals surface area contributed by atoms with Crippen molar-refractivity contribution in [1.29, 1.82) is 0 Å². The zero-order chi connectivity index (χ0) is 12.4. The van der Waals surface area contributed by atoms with E-state index in [-0.39, 0.29) is 6.10 Å². The molecular weight excluding hydrogens is 206 g/mol. The van der Waals surface area contributed by atoms with Crippen LogP contribution >= 0.6 is 0 Å². The Bertz CT molecular complexity index is 153. The van der Waals surface area contributed by atoms with Gasteiger partial charge in [0.05, 0.1) is 12.7 Å². The van der Waals surface area contributed by atoms with Crippen molar-refractivity contribution in [3.8, 4) is 0 Å². The Balaban J connectivity index is 3.67. The summed E-state index contributed by atoms with van der Waals surface area (Å²) in [5, 5.41) is 12.9. The first-order chi connectivity index (χ1) is 7.61. The van der Waals surface area contributed by atoms with Gasteiger partial charge in [-0.15, -0.1) is 0 Å². The Morgan fingerprint density at radius 3 is 2.31 bits per heavy atom.